The number of carbonyl (C=O) groups excluding carboxylic acids is 1. The predicted molar refractivity (Wildman–Crippen MR) is 83.3 cm³/mol. The SMILES string of the molecule is O=C(C1Cc2ccccc21)N1CCCCC1C1CCCN1. The van der Waals surface area contributed by atoms with Crippen molar-refractivity contribution in [3.8, 4) is 0 Å². The lowest BCUT2D eigenvalue weighted by atomic mass is 9.76. The van der Waals surface area contributed by atoms with Crippen LogP contribution in [-0.4, -0.2) is 36.0 Å². The Balaban J connectivity index is 1.52. The second kappa shape index (κ2) is 5.45. The maximum atomic E-state index is 13.0. The van der Waals surface area contributed by atoms with Gasteiger partial charge in [0, 0.05) is 18.6 Å². The van der Waals surface area contributed by atoms with Crippen molar-refractivity contribution in [3.63, 3.8) is 0 Å². The summed E-state index contributed by atoms with van der Waals surface area (Å²) in [4.78, 5) is 15.2. The van der Waals surface area contributed by atoms with Crippen LogP contribution in [0.5, 0.6) is 0 Å². The van der Waals surface area contributed by atoms with E-state index in [-0.39, 0.29) is 5.92 Å². The number of carbonyl (C=O) groups is 1. The molecular weight excluding hydrogens is 260 g/mol. The van der Waals surface area contributed by atoms with Gasteiger partial charge in [-0.1, -0.05) is 24.3 Å². The van der Waals surface area contributed by atoms with Crippen molar-refractivity contribution in [2.45, 2.75) is 56.5 Å². The quantitative estimate of drug-likeness (QED) is 0.905. The molecule has 1 amide bonds. The Kier molecular flexibility index (Phi) is 3.46. The largest absolute Gasteiger partial charge is 0.338 e. The summed E-state index contributed by atoms with van der Waals surface area (Å²) in [5.41, 5.74) is 2.63. The van der Waals surface area contributed by atoms with E-state index in [1.807, 2.05) is 0 Å². The Bertz CT molecular complexity index is 536. The standard InChI is InChI=1S/C18H24N2O/c21-18(15-12-13-6-1-2-7-14(13)15)20-11-4-3-9-17(20)16-8-5-10-19-16/h1-2,6-7,15-17,19H,3-5,8-12H2. The van der Waals surface area contributed by atoms with Gasteiger partial charge >= 0.3 is 0 Å². The molecule has 2 fully saturated rings. The molecule has 3 nitrogen and oxygen atoms in total. The third-order valence-corrected chi connectivity index (χ3v) is 5.55. The maximum absolute atomic E-state index is 13.0. The van der Waals surface area contributed by atoms with Crippen LogP contribution in [0.4, 0.5) is 0 Å². The van der Waals surface area contributed by atoms with Crippen molar-refractivity contribution >= 4 is 5.91 Å². The predicted octanol–water partition coefficient (Wildman–Crippen LogP) is 2.46. The zero-order chi connectivity index (χ0) is 14.2. The van der Waals surface area contributed by atoms with E-state index < -0.39 is 0 Å². The number of amides is 1. The van der Waals surface area contributed by atoms with E-state index in [9.17, 15) is 4.79 Å². The fourth-order valence-electron chi connectivity index (χ4n) is 4.37. The molecule has 1 N–H and O–H groups in total. The molecule has 0 aromatic heterocycles. The Morgan fingerprint density at radius 3 is 2.86 bits per heavy atom. The van der Waals surface area contributed by atoms with Gasteiger partial charge in [-0.05, 0) is 56.2 Å². The Morgan fingerprint density at radius 2 is 2.05 bits per heavy atom. The molecule has 112 valence electrons. The third kappa shape index (κ3) is 2.28. The number of benzene rings is 1. The first-order chi connectivity index (χ1) is 10.3. The molecule has 1 aromatic carbocycles. The number of nitrogens with zero attached hydrogens (tertiary/aromatic N) is 1. The molecule has 2 heterocycles. The number of hydrogen-bond acceptors (Lipinski definition) is 2. The van der Waals surface area contributed by atoms with Gasteiger partial charge < -0.3 is 10.2 Å². The molecule has 0 radical (unpaired) electrons. The van der Waals surface area contributed by atoms with Crippen LogP contribution in [0, 0.1) is 0 Å². The summed E-state index contributed by atoms with van der Waals surface area (Å²) in [5, 5.41) is 3.61. The fourth-order valence-corrected chi connectivity index (χ4v) is 4.37. The van der Waals surface area contributed by atoms with Crippen LogP contribution in [-0.2, 0) is 11.2 Å². The van der Waals surface area contributed by atoms with Crippen LogP contribution < -0.4 is 5.32 Å². The highest BCUT2D eigenvalue weighted by Crippen LogP contribution is 2.38. The van der Waals surface area contributed by atoms with Gasteiger partial charge in [0.15, 0.2) is 0 Å². The lowest BCUT2D eigenvalue weighted by Gasteiger charge is -2.43. The van der Waals surface area contributed by atoms with E-state index >= 15 is 0 Å². The average Bonchev–Trinajstić information content (AvgIpc) is 3.02. The monoisotopic (exact) mass is 284 g/mol. The zero-order valence-electron chi connectivity index (χ0n) is 12.6. The molecule has 3 aliphatic rings. The molecular formula is C18H24N2O. The molecule has 2 aliphatic heterocycles. The summed E-state index contributed by atoms with van der Waals surface area (Å²) in [6.45, 7) is 2.08. The van der Waals surface area contributed by atoms with Crippen molar-refractivity contribution in [2.75, 3.05) is 13.1 Å². The average molecular weight is 284 g/mol. The molecule has 4 rings (SSSR count). The van der Waals surface area contributed by atoms with Crippen molar-refractivity contribution in [3.05, 3.63) is 35.4 Å². The lowest BCUT2D eigenvalue weighted by Crippen LogP contribution is -2.54. The summed E-state index contributed by atoms with van der Waals surface area (Å²) in [5.74, 6) is 0.510. The first-order valence-corrected chi connectivity index (χ1v) is 8.46. The van der Waals surface area contributed by atoms with Crippen LogP contribution in [0.15, 0.2) is 24.3 Å². The number of likely N-dealkylation sites (tertiary alicyclic amines) is 1. The molecule has 1 aliphatic carbocycles. The number of hydrogen-bond donors (Lipinski definition) is 1. The zero-order valence-corrected chi connectivity index (χ0v) is 12.6. The van der Waals surface area contributed by atoms with Crippen molar-refractivity contribution < 1.29 is 4.79 Å². The van der Waals surface area contributed by atoms with Gasteiger partial charge in [-0.25, -0.2) is 0 Å². The topological polar surface area (TPSA) is 32.3 Å². The first kappa shape index (κ1) is 13.3. The summed E-state index contributed by atoms with van der Waals surface area (Å²) in [6.07, 6.45) is 7.05. The minimum absolute atomic E-state index is 0.128. The van der Waals surface area contributed by atoms with Crippen LogP contribution >= 0.6 is 0 Å². The number of nitrogens with one attached hydrogen (secondary N) is 1. The van der Waals surface area contributed by atoms with Gasteiger partial charge in [0.2, 0.25) is 5.91 Å². The summed E-state index contributed by atoms with van der Waals surface area (Å²) >= 11 is 0. The van der Waals surface area contributed by atoms with Gasteiger partial charge in [0.05, 0.1) is 5.92 Å². The smallest absolute Gasteiger partial charge is 0.230 e. The third-order valence-electron chi connectivity index (χ3n) is 5.55. The van der Waals surface area contributed by atoms with E-state index in [2.05, 4.69) is 34.5 Å². The van der Waals surface area contributed by atoms with Gasteiger partial charge in [-0.15, -0.1) is 0 Å². The summed E-state index contributed by atoms with van der Waals surface area (Å²) in [6, 6.07) is 9.39. The van der Waals surface area contributed by atoms with Crippen molar-refractivity contribution in [2.24, 2.45) is 0 Å². The van der Waals surface area contributed by atoms with Gasteiger partial charge in [-0.3, -0.25) is 4.79 Å². The van der Waals surface area contributed by atoms with E-state index in [4.69, 9.17) is 0 Å². The molecule has 3 heteroatoms. The summed E-state index contributed by atoms with van der Waals surface area (Å²) in [7, 11) is 0. The minimum atomic E-state index is 0.128. The van der Waals surface area contributed by atoms with Crippen molar-refractivity contribution in [1.82, 2.24) is 10.2 Å². The molecule has 3 atom stereocenters. The van der Waals surface area contributed by atoms with Crippen molar-refractivity contribution in [1.29, 1.82) is 0 Å². The molecule has 0 saturated carbocycles. The second-order valence-electron chi connectivity index (χ2n) is 6.75. The van der Waals surface area contributed by atoms with E-state index in [1.165, 1.54) is 43.2 Å². The molecule has 3 unspecified atom stereocenters. The van der Waals surface area contributed by atoms with E-state index in [1.54, 1.807) is 0 Å². The Hall–Kier alpha value is -1.35. The summed E-state index contributed by atoms with van der Waals surface area (Å²) < 4.78 is 0. The van der Waals surface area contributed by atoms with Crippen LogP contribution in [0.1, 0.15) is 49.1 Å². The second-order valence-corrected chi connectivity index (χ2v) is 6.75. The lowest BCUT2D eigenvalue weighted by molar-refractivity contribution is -0.137. The van der Waals surface area contributed by atoms with Crippen LogP contribution in [0.3, 0.4) is 0 Å². The Morgan fingerprint density at radius 1 is 1.14 bits per heavy atom. The highest BCUT2D eigenvalue weighted by atomic mass is 16.2. The first-order valence-electron chi connectivity index (χ1n) is 8.46. The van der Waals surface area contributed by atoms with Gasteiger partial charge in [0.25, 0.3) is 0 Å². The molecule has 1 aromatic rings. The van der Waals surface area contributed by atoms with Crippen LogP contribution in [0.25, 0.3) is 0 Å². The normalized spacial score (nSPS) is 31.6. The highest BCUT2D eigenvalue weighted by molar-refractivity contribution is 5.87. The van der Waals surface area contributed by atoms with Gasteiger partial charge in [0.1, 0.15) is 0 Å². The number of rotatable bonds is 2. The number of piperidine rings is 1. The number of fused-ring (bicyclic) bond motifs is 1. The van der Waals surface area contributed by atoms with Crippen LogP contribution in [0.2, 0.25) is 0 Å². The van der Waals surface area contributed by atoms with Gasteiger partial charge in [-0.2, -0.15) is 0 Å². The fraction of sp³-hybridized carbons (Fsp3) is 0.611. The molecule has 21 heavy (non-hydrogen) atoms. The molecule has 0 spiro atoms. The van der Waals surface area contributed by atoms with E-state index in [0.717, 1.165) is 19.5 Å². The van der Waals surface area contributed by atoms with E-state index in [0.29, 0.717) is 18.0 Å². The molecule has 0 bridgehead atoms. The minimum Gasteiger partial charge on any atom is -0.338 e. The highest BCUT2D eigenvalue weighted by Gasteiger charge is 2.40. The molecule has 2 saturated heterocycles. The Labute approximate surface area is 126 Å². The maximum Gasteiger partial charge on any atom is 0.230 e.